The summed E-state index contributed by atoms with van der Waals surface area (Å²) in [6.07, 6.45) is 15.0. The van der Waals surface area contributed by atoms with Gasteiger partial charge in [0.2, 0.25) is 0 Å². The molecule has 174 valence electrons. The van der Waals surface area contributed by atoms with Gasteiger partial charge in [-0.05, 0) is 80.0 Å². The highest BCUT2D eigenvalue weighted by Gasteiger charge is 2.19. The Hall–Kier alpha value is -3.13. The number of hydrogen-bond acceptors (Lipinski definition) is 4. The lowest BCUT2D eigenvalue weighted by Gasteiger charge is -2.26. The maximum atomic E-state index is 13.9. The van der Waals surface area contributed by atoms with Crippen molar-refractivity contribution in [3.8, 4) is 17.6 Å². The molecule has 2 aromatic carbocycles. The van der Waals surface area contributed by atoms with Crippen LogP contribution in [0.4, 0.5) is 4.39 Å². The molecule has 4 nitrogen and oxygen atoms in total. The van der Waals surface area contributed by atoms with Gasteiger partial charge < -0.3 is 9.47 Å². The number of carbonyl (C=O) groups excluding carboxylic acids is 1. The van der Waals surface area contributed by atoms with Crippen LogP contribution < -0.4 is 9.47 Å². The number of rotatable bonds is 10. The van der Waals surface area contributed by atoms with Crippen LogP contribution in [0.25, 0.3) is 0 Å². The molecule has 2 aromatic rings. The van der Waals surface area contributed by atoms with E-state index in [1.807, 2.05) is 6.07 Å². The van der Waals surface area contributed by atoms with Crippen LogP contribution >= 0.6 is 0 Å². The molecule has 0 spiro atoms. The van der Waals surface area contributed by atoms with Gasteiger partial charge in [-0.2, -0.15) is 5.26 Å². The predicted molar refractivity (Wildman–Crippen MR) is 127 cm³/mol. The van der Waals surface area contributed by atoms with Gasteiger partial charge in [0.15, 0.2) is 11.6 Å². The van der Waals surface area contributed by atoms with Crippen LogP contribution in [0.15, 0.2) is 54.6 Å². The third kappa shape index (κ3) is 7.75. The number of hydrogen-bond donors (Lipinski definition) is 0. The Labute approximate surface area is 196 Å². The summed E-state index contributed by atoms with van der Waals surface area (Å²) in [5.74, 6) is 0.584. The van der Waals surface area contributed by atoms with Gasteiger partial charge in [0.1, 0.15) is 12.4 Å². The fourth-order valence-corrected chi connectivity index (χ4v) is 4.24. The minimum atomic E-state index is -0.751. The van der Waals surface area contributed by atoms with Gasteiger partial charge in [0.25, 0.3) is 0 Å². The molecule has 0 saturated heterocycles. The Bertz CT molecular complexity index is 970. The second-order valence-electron chi connectivity index (χ2n) is 8.69. The third-order valence-corrected chi connectivity index (χ3v) is 6.22. The van der Waals surface area contributed by atoms with Gasteiger partial charge in [-0.15, -0.1) is 0 Å². The summed E-state index contributed by atoms with van der Waals surface area (Å²) in [6.45, 7) is 2.74. The molecular formula is C28H32FNO3. The number of benzene rings is 2. The topological polar surface area (TPSA) is 59.3 Å². The molecule has 0 N–H and O–H groups in total. The minimum Gasteiger partial charge on any atom is -0.490 e. The number of nitriles is 1. The molecular weight excluding hydrogens is 417 g/mol. The summed E-state index contributed by atoms with van der Waals surface area (Å²) in [6, 6.07) is 12.1. The molecule has 0 aromatic heterocycles. The molecule has 3 rings (SSSR count). The Morgan fingerprint density at radius 1 is 1.12 bits per heavy atom. The molecule has 1 aliphatic rings. The smallest absolute Gasteiger partial charge is 0.343 e. The Morgan fingerprint density at radius 3 is 2.55 bits per heavy atom. The predicted octanol–water partition coefficient (Wildman–Crippen LogP) is 7.24. The van der Waals surface area contributed by atoms with E-state index in [1.54, 1.807) is 24.3 Å². The first kappa shape index (κ1) is 24.5. The average molecular weight is 450 g/mol. The van der Waals surface area contributed by atoms with Gasteiger partial charge >= 0.3 is 5.97 Å². The van der Waals surface area contributed by atoms with Crippen molar-refractivity contribution in [2.45, 2.75) is 58.3 Å². The quantitative estimate of drug-likeness (QED) is 0.166. The zero-order valence-corrected chi connectivity index (χ0v) is 19.3. The number of unbranched alkanes of at least 4 members (excludes halogenated alkanes) is 2. The lowest BCUT2D eigenvalue weighted by atomic mass is 9.79. The average Bonchev–Trinajstić information content (AvgIpc) is 2.84. The standard InChI is InChI=1S/C28H32FNO3/c1-2-3-4-6-21-8-10-22(11-9-21)7-5-18-32-25-15-13-24(14-16-25)28(31)33-27-17-12-23(20-30)19-26(27)29/h5,7,12-17,19,21-22H,2-4,6,8-11,18H2,1H3/t21-,22-. The first-order valence-corrected chi connectivity index (χ1v) is 11.9. The maximum absolute atomic E-state index is 13.9. The Kier molecular flexibility index (Phi) is 9.50. The van der Waals surface area contributed by atoms with Crippen molar-refractivity contribution < 1.29 is 18.7 Å². The van der Waals surface area contributed by atoms with E-state index in [0.717, 1.165) is 12.0 Å². The van der Waals surface area contributed by atoms with Gasteiger partial charge in [0.05, 0.1) is 17.2 Å². The van der Waals surface area contributed by atoms with E-state index >= 15 is 0 Å². The lowest BCUT2D eigenvalue weighted by Crippen LogP contribution is -2.13. The fraction of sp³-hybridized carbons (Fsp3) is 0.429. The number of carbonyl (C=O) groups is 1. The van der Waals surface area contributed by atoms with Crippen molar-refractivity contribution in [1.82, 2.24) is 0 Å². The van der Waals surface area contributed by atoms with Crippen LogP contribution in [0.2, 0.25) is 0 Å². The highest BCUT2D eigenvalue weighted by molar-refractivity contribution is 5.91. The van der Waals surface area contributed by atoms with E-state index in [4.69, 9.17) is 14.7 Å². The van der Waals surface area contributed by atoms with Crippen LogP contribution in [0, 0.1) is 29.0 Å². The van der Waals surface area contributed by atoms with Crippen LogP contribution in [0.1, 0.15) is 74.2 Å². The summed E-state index contributed by atoms with van der Waals surface area (Å²) in [5, 5.41) is 8.78. The Balaban J connectivity index is 1.40. The van der Waals surface area contributed by atoms with E-state index in [1.165, 1.54) is 63.5 Å². The van der Waals surface area contributed by atoms with Gasteiger partial charge in [0, 0.05) is 0 Å². The van der Waals surface area contributed by atoms with Gasteiger partial charge in [-0.3, -0.25) is 0 Å². The molecule has 0 atom stereocenters. The van der Waals surface area contributed by atoms with Crippen molar-refractivity contribution in [2.75, 3.05) is 6.61 Å². The number of nitrogens with zero attached hydrogens (tertiary/aromatic N) is 1. The summed E-state index contributed by atoms with van der Waals surface area (Å²) >= 11 is 0. The highest BCUT2D eigenvalue weighted by atomic mass is 19.1. The highest BCUT2D eigenvalue weighted by Crippen LogP contribution is 2.32. The summed E-state index contributed by atoms with van der Waals surface area (Å²) in [5.41, 5.74) is 0.454. The molecule has 0 heterocycles. The van der Waals surface area contributed by atoms with Gasteiger partial charge in [-0.25, -0.2) is 9.18 Å². The molecule has 0 aliphatic heterocycles. The molecule has 0 bridgehead atoms. The van der Waals surface area contributed by atoms with E-state index in [9.17, 15) is 9.18 Å². The van der Waals surface area contributed by atoms with Crippen molar-refractivity contribution in [2.24, 2.45) is 11.8 Å². The van der Waals surface area contributed by atoms with Crippen LogP contribution in [0.3, 0.4) is 0 Å². The third-order valence-electron chi connectivity index (χ3n) is 6.22. The van der Waals surface area contributed by atoms with Crippen molar-refractivity contribution in [1.29, 1.82) is 5.26 Å². The minimum absolute atomic E-state index is 0.165. The molecule has 0 radical (unpaired) electrons. The van der Waals surface area contributed by atoms with Crippen LogP contribution in [-0.4, -0.2) is 12.6 Å². The maximum Gasteiger partial charge on any atom is 0.343 e. The number of allylic oxidation sites excluding steroid dienone is 1. The second-order valence-corrected chi connectivity index (χ2v) is 8.69. The van der Waals surface area contributed by atoms with E-state index in [2.05, 4.69) is 19.1 Å². The first-order chi connectivity index (χ1) is 16.1. The summed E-state index contributed by atoms with van der Waals surface area (Å²) in [4.78, 5) is 12.3. The van der Waals surface area contributed by atoms with Crippen molar-refractivity contribution in [3.63, 3.8) is 0 Å². The van der Waals surface area contributed by atoms with Crippen molar-refractivity contribution in [3.05, 3.63) is 71.6 Å². The molecule has 5 heteroatoms. The first-order valence-electron chi connectivity index (χ1n) is 11.9. The molecule has 33 heavy (non-hydrogen) atoms. The summed E-state index contributed by atoms with van der Waals surface area (Å²) in [7, 11) is 0. The largest absolute Gasteiger partial charge is 0.490 e. The molecule has 1 aliphatic carbocycles. The Morgan fingerprint density at radius 2 is 1.88 bits per heavy atom. The zero-order valence-electron chi connectivity index (χ0n) is 19.3. The number of esters is 1. The monoisotopic (exact) mass is 449 g/mol. The normalized spacial score (nSPS) is 18.1. The zero-order chi connectivity index (χ0) is 23.5. The molecule has 0 unspecified atom stereocenters. The van der Waals surface area contributed by atoms with Crippen LogP contribution in [-0.2, 0) is 0 Å². The van der Waals surface area contributed by atoms with Crippen molar-refractivity contribution >= 4 is 5.97 Å². The van der Waals surface area contributed by atoms with Gasteiger partial charge in [-0.1, -0.05) is 44.8 Å². The summed E-state index contributed by atoms with van der Waals surface area (Å²) < 4.78 is 24.8. The van der Waals surface area contributed by atoms with E-state index < -0.39 is 11.8 Å². The van der Waals surface area contributed by atoms with E-state index in [0.29, 0.717) is 18.3 Å². The number of halogens is 1. The fourth-order valence-electron chi connectivity index (χ4n) is 4.24. The molecule has 1 fully saturated rings. The number of ether oxygens (including phenoxy) is 2. The van der Waals surface area contributed by atoms with E-state index in [-0.39, 0.29) is 16.9 Å². The SMILES string of the molecule is CCCCC[C@H]1CC[C@H](C=CCOc2ccc(C(=O)Oc3ccc(C#N)cc3F)cc2)CC1. The molecule has 1 saturated carbocycles. The lowest BCUT2D eigenvalue weighted by molar-refractivity contribution is 0.0728. The molecule has 0 amide bonds. The second kappa shape index (κ2) is 12.8. The van der Waals surface area contributed by atoms with Crippen LogP contribution in [0.5, 0.6) is 11.5 Å².